The number of aryl methyl sites for hydroxylation is 2. The molecule has 0 aromatic heterocycles. The van der Waals surface area contributed by atoms with Crippen molar-refractivity contribution in [1.29, 1.82) is 0 Å². The van der Waals surface area contributed by atoms with Gasteiger partial charge in [0.25, 0.3) is 0 Å². The predicted molar refractivity (Wildman–Crippen MR) is 148 cm³/mol. The Hall–Kier alpha value is -3.26. The number of hydrogen-bond acceptors (Lipinski definition) is 6. The highest BCUT2D eigenvalue weighted by Gasteiger charge is 2.55. The normalized spacial score (nSPS) is 22.6. The first-order chi connectivity index (χ1) is 18.4. The maximum absolute atomic E-state index is 13.8. The highest BCUT2D eigenvalue weighted by atomic mass is 35.5. The van der Waals surface area contributed by atoms with Crippen molar-refractivity contribution in [3.05, 3.63) is 87.4 Å². The molecule has 0 aliphatic carbocycles. The smallest absolute Gasteiger partial charge is 0.242 e. The topological polar surface area (TPSA) is 83.1 Å². The van der Waals surface area contributed by atoms with E-state index in [0.29, 0.717) is 35.1 Å². The molecule has 2 aliphatic heterocycles. The van der Waals surface area contributed by atoms with E-state index in [1.54, 1.807) is 20.3 Å². The van der Waals surface area contributed by atoms with Crippen molar-refractivity contribution < 1.29 is 19.4 Å². The van der Waals surface area contributed by atoms with E-state index in [-0.39, 0.29) is 29.7 Å². The molecule has 0 spiro atoms. The molecule has 2 aliphatic rings. The fourth-order valence-electron chi connectivity index (χ4n) is 5.78. The van der Waals surface area contributed by atoms with Crippen LogP contribution in [0.4, 0.5) is 0 Å². The summed E-state index contributed by atoms with van der Waals surface area (Å²) < 4.78 is 10.9. The van der Waals surface area contributed by atoms with E-state index in [0.717, 1.165) is 23.1 Å². The molecule has 200 valence electrons. The summed E-state index contributed by atoms with van der Waals surface area (Å²) in [6, 6.07) is 16.9. The predicted octanol–water partition coefficient (Wildman–Crippen LogP) is 4.89. The Bertz CT molecular complexity index is 1330. The molecule has 0 radical (unpaired) electrons. The van der Waals surface area contributed by atoms with Crippen LogP contribution in [0.15, 0.2) is 54.6 Å². The van der Waals surface area contributed by atoms with E-state index < -0.39 is 6.04 Å². The zero-order chi connectivity index (χ0) is 27.0. The second-order valence-electron chi connectivity index (χ2n) is 9.99. The van der Waals surface area contributed by atoms with Gasteiger partial charge in [-0.15, -0.1) is 0 Å². The molecule has 4 unspecified atom stereocenters. The monoisotopic (exact) mass is 535 g/mol. The Balaban J connectivity index is 1.50. The minimum absolute atomic E-state index is 0.0349. The highest BCUT2D eigenvalue weighted by Crippen LogP contribution is 2.49. The molecular weight excluding hydrogens is 502 g/mol. The number of methoxy groups -OCH3 is 2. The number of halogens is 1. The highest BCUT2D eigenvalue weighted by molar-refractivity contribution is 6.31. The van der Waals surface area contributed by atoms with Crippen LogP contribution in [-0.2, 0) is 17.6 Å². The number of aromatic hydroxyl groups is 1. The summed E-state index contributed by atoms with van der Waals surface area (Å²) in [5.74, 6) is 1.39. The summed E-state index contributed by atoms with van der Waals surface area (Å²) >= 11 is 6.46. The number of ether oxygens (including phenoxy) is 2. The van der Waals surface area contributed by atoms with Crippen molar-refractivity contribution in [1.82, 2.24) is 15.8 Å². The van der Waals surface area contributed by atoms with Gasteiger partial charge < -0.3 is 19.5 Å². The van der Waals surface area contributed by atoms with Crippen molar-refractivity contribution in [2.45, 2.75) is 44.8 Å². The molecule has 2 heterocycles. The lowest BCUT2D eigenvalue weighted by Crippen LogP contribution is -2.42. The van der Waals surface area contributed by atoms with Crippen LogP contribution in [0.5, 0.6) is 17.2 Å². The maximum Gasteiger partial charge on any atom is 0.242 e. The molecule has 2 fully saturated rings. The number of nitrogens with zero attached hydrogens (tertiary/aromatic N) is 1. The fourth-order valence-corrected chi connectivity index (χ4v) is 5.95. The molecule has 4 atom stereocenters. The molecule has 5 rings (SSSR count). The summed E-state index contributed by atoms with van der Waals surface area (Å²) in [7, 11) is 3.23. The Morgan fingerprint density at radius 3 is 2.32 bits per heavy atom. The zero-order valence-electron chi connectivity index (χ0n) is 22.1. The lowest BCUT2D eigenvalue weighted by molar-refractivity contribution is -0.130. The van der Waals surface area contributed by atoms with E-state index >= 15 is 0 Å². The molecule has 0 bridgehead atoms. The number of carbonyl (C=O) groups is 1. The van der Waals surface area contributed by atoms with E-state index in [2.05, 4.69) is 42.0 Å². The molecule has 0 saturated carbocycles. The molecule has 38 heavy (non-hydrogen) atoms. The van der Waals surface area contributed by atoms with E-state index in [1.165, 1.54) is 5.56 Å². The molecule has 2 saturated heterocycles. The lowest BCUT2D eigenvalue weighted by Gasteiger charge is -2.32. The number of benzene rings is 3. The standard InChI is InChI=1S/C30H34ClN3O4/c1-5-18-6-9-20(10-7-18)29-26-27(21-16-22(31)17(2)14-23(21)35)32-33-28(26)30(36)34(29)13-12-19-8-11-24(37-3)25(15-19)38-4/h6-11,14-16,26-29,32-33,35H,5,12-13H2,1-4H3. The van der Waals surface area contributed by atoms with Gasteiger partial charge in [-0.05, 0) is 66.3 Å². The van der Waals surface area contributed by atoms with Gasteiger partial charge in [-0.1, -0.05) is 48.9 Å². The SMILES string of the molecule is CCc1ccc(C2C3C(NNC3c3cc(Cl)c(C)cc3O)C(=O)N2CCc2ccc(OC)c(OC)c2)cc1. The molecule has 8 heteroatoms. The number of phenolic OH excluding ortho intramolecular Hbond substituents is 1. The minimum Gasteiger partial charge on any atom is -0.508 e. The summed E-state index contributed by atoms with van der Waals surface area (Å²) in [6.45, 7) is 4.53. The van der Waals surface area contributed by atoms with E-state index in [4.69, 9.17) is 21.1 Å². The van der Waals surface area contributed by atoms with Crippen LogP contribution in [0.25, 0.3) is 0 Å². The lowest BCUT2D eigenvalue weighted by atomic mass is 9.82. The Morgan fingerprint density at radius 2 is 1.63 bits per heavy atom. The second kappa shape index (κ2) is 10.8. The van der Waals surface area contributed by atoms with Crippen LogP contribution >= 0.6 is 11.6 Å². The number of likely N-dealkylation sites (tertiary alicyclic amines) is 1. The van der Waals surface area contributed by atoms with Crippen LogP contribution in [0, 0.1) is 12.8 Å². The number of hydrazine groups is 1. The Kier molecular flexibility index (Phi) is 7.52. The molecule has 1 amide bonds. The van der Waals surface area contributed by atoms with Gasteiger partial charge in [0.2, 0.25) is 5.91 Å². The first kappa shape index (κ1) is 26.4. The third kappa shape index (κ3) is 4.70. The summed E-state index contributed by atoms with van der Waals surface area (Å²) in [5, 5.41) is 11.4. The van der Waals surface area contributed by atoms with Crippen molar-refractivity contribution in [3.63, 3.8) is 0 Å². The summed E-state index contributed by atoms with van der Waals surface area (Å²) in [5.41, 5.74) is 11.4. The largest absolute Gasteiger partial charge is 0.508 e. The van der Waals surface area contributed by atoms with Crippen molar-refractivity contribution in [3.8, 4) is 17.2 Å². The van der Waals surface area contributed by atoms with Gasteiger partial charge in [-0.25, -0.2) is 10.9 Å². The molecule has 3 aromatic rings. The number of carbonyl (C=O) groups excluding carboxylic acids is 1. The van der Waals surface area contributed by atoms with Crippen LogP contribution in [0.3, 0.4) is 0 Å². The third-order valence-corrected chi connectivity index (χ3v) is 8.28. The van der Waals surface area contributed by atoms with Crippen molar-refractivity contribution >= 4 is 17.5 Å². The van der Waals surface area contributed by atoms with Crippen LogP contribution in [0.2, 0.25) is 5.02 Å². The minimum atomic E-state index is -0.430. The van der Waals surface area contributed by atoms with Crippen LogP contribution < -0.4 is 20.3 Å². The number of hydrogen-bond donors (Lipinski definition) is 3. The maximum atomic E-state index is 13.8. The van der Waals surface area contributed by atoms with E-state index in [9.17, 15) is 9.90 Å². The first-order valence-corrected chi connectivity index (χ1v) is 13.3. The molecular formula is C30H34ClN3O4. The van der Waals surface area contributed by atoms with Crippen molar-refractivity contribution in [2.24, 2.45) is 5.92 Å². The first-order valence-electron chi connectivity index (χ1n) is 13.0. The van der Waals surface area contributed by atoms with Gasteiger partial charge in [-0.2, -0.15) is 0 Å². The summed E-state index contributed by atoms with van der Waals surface area (Å²) in [4.78, 5) is 15.8. The quantitative estimate of drug-likeness (QED) is 0.381. The van der Waals surface area contributed by atoms with E-state index in [1.807, 2.05) is 36.1 Å². The number of fused-ring (bicyclic) bond motifs is 1. The van der Waals surface area contributed by atoms with Gasteiger partial charge in [0.15, 0.2) is 11.5 Å². The average Bonchev–Trinajstić information content (AvgIpc) is 3.47. The Morgan fingerprint density at radius 1 is 0.947 bits per heavy atom. The van der Waals surface area contributed by atoms with Gasteiger partial charge >= 0.3 is 0 Å². The van der Waals surface area contributed by atoms with Crippen LogP contribution in [-0.4, -0.2) is 42.7 Å². The number of amides is 1. The average molecular weight is 536 g/mol. The molecule has 7 nitrogen and oxygen atoms in total. The van der Waals surface area contributed by atoms with Gasteiger partial charge in [0.1, 0.15) is 11.8 Å². The van der Waals surface area contributed by atoms with Gasteiger partial charge in [0.05, 0.1) is 26.3 Å². The fraction of sp³-hybridized carbons (Fsp3) is 0.367. The van der Waals surface area contributed by atoms with Gasteiger partial charge in [-0.3, -0.25) is 4.79 Å². The zero-order valence-corrected chi connectivity index (χ0v) is 22.9. The number of phenols is 1. The second-order valence-corrected chi connectivity index (χ2v) is 10.4. The van der Waals surface area contributed by atoms with Crippen molar-refractivity contribution in [2.75, 3.05) is 20.8 Å². The Labute approximate surface area is 228 Å². The number of nitrogens with one attached hydrogen (secondary N) is 2. The third-order valence-electron chi connectivity index (χ3n) is 7.88. The molecule has 3 aromatic carbocycles. The molecule has 3 N–H and O–H groups in total. The summed E-state index contributed by atoms with van der Waals surface area (Å²) in [6.07, 6.45) is 1.61. The van der Waals surface area contributed by atoms with Gasteiger partial charge in [0, 0.05) is 23.0 Å². The van der Waals surface area contributed by atoms with Crippen LogP contribution in [0.1, 0.15) is 46.8 Å². The number of rotatable bonds is 8.